The molecule has 6 heteroatoms. The van der Waals surface area contributed by atoms with Crippen LogP contribution in [-0.4, -0.2) is 33.2 Å². The molecule has 1 rings (SSSR count). The van der Waals surface area contributed by atoms with Crippen molar-refractivity contribution in [3.63, 3.8) is 0 Å². The van der Waals surface area contributed by atoms with Crippen molar-refractivity contribution in [2.75, 3.05) is 6.61 Å². The number of aryl methyl sites for hydroxylation is 1. The van der Waals surface area contributed by atoms with Gasteiger partial charge in [0.25, 0.3) is 5.91 Å². The number of nitrogens with one attached hydrogen (secondary N) is 1. The number of carbonyl (C=O) groups is 1. The molecular formula is C7H11N3O2S. The minimum atomic E-state index is -0.242. The summed E-state index contributed by atoms with van der Waals surface area (Å²) in [6.45, 7) is 3.38. The van der Waals surface area contributed by atoms with E-state index < -0.39 is 0 Å². The highest BCUT2D eigenvalue weighted by atomic mass is 32.1. The lowest BCUT2D eigenvalue weighted by Gasteiger charge is -2.08. The van der Waals surface area contributed by atoms with Crippen molar-refractivity contribution >= 4 is 17.4 Å². The van der Waals surface area contributed by atoms with E-state index in [9.17, 15) is 4.79 Å². The lowest BCUT2D eigenvalue weighted by atomic mass is 10.3. The largest absolute Gasteiger partial charge is 0.394 e. The number of aromatic nitrogens is 2. The van der Waals surface area contributed by atoms with Crippen molar-refractivity contribution in [1.82, 2.24) is 14.9 Å². The molecule has 0 aliphatic carbocycles. The number of aliphatic hydroxyl groups is 1. The Hall–Kier alpha value is -1.01. The van der Waals surface area contributed by atoms with E-state index in [0.29, 0.717) is 10.6 Å². The summed E-state index contributed by atoms with van der Waals surface area (Å²) in [6.07, 6.45) is 0. The number of aliphatic hydroxyl groups excluding tert-OH is 1. The zero-order valence-electron chi connectivity index (χ0n) is 7.44. The molecule has 2 N–H and O–H groups in total. The third-order valence-electron chi connectivity index (χ3n) is 1.51. The third-order valence-corrected chi connectivity index (χ3v) is 2.34. The smallest absolute Gasteiger partial charge is 0.265 e. The number of carbonyl (C=O) groups excluding carboxylic acids is 1. The van der Waals surface area contributed by atoms with Gasteiger partial charge in [-0.05, 0) is 25.4 Å². The van der Waals surface area contributed by atoms with E-state index in [1.165, 1.54) is 0 Å². The second-order valence-corrected chi connectivity index (χ2v) is 3.50. The Kier molecular flexibility index (Phi) is 3.32. The Morgan fingerprint density at radius 2 is 2.46 bits per heavy atom. The molecule has 0 bridgehead atoms. The molecule has 0 fully saturated rings. The molecule has 13 heavy (non-hydrogen) atoms. The molecule has 0 saturated carbocycles. The first-order valence-electron chi connectivity index (χ1n) is 3.85. The van der Waals surface area contributed by atoms with E-state index in [1.807, 2.05) is 0 Å². The van der Waals surface area contributed by atoms with Crippen molar-refractivity contribution in [3.05, 3.63) is 10.6 Å². The average Bonchev–Trinajstić information content (AvgIpc) is 2.51. The van der Waals surface area contributed by atoms with Crippen LogP contribution in [0.15, 0.2) is 0 Å². The van der Waals surface area contributed by atoms with E-state index in [4.69, 9.17) is 5.11 Å². The second kappa shape index (κ2) is 4.29. The summed E-state index contributed by atoms with van der Waals surface area (Å²) in [5, 5.41) is 15.0. The molecule has 1 atom stereocenters. The Balaban J connectivity index is 2.64. The molecular weight excluding hydrogens is 190 g/mol. The standard InChI is InChI=1S/C7H11N3O2S/c1-4(3-11)8-7(12)6-5(2)9-10-13-6/h4,11H,3H2,1-2H3,(H,8,12)/t4-/m0/s1. The molecule has 72 valence electrons. The SMILES string of the molecule is Cc1nnsc1C(=O)N[C@@H](C)CO. The number of rotatable bonds is 3. The van der Waals surface area contributed by atoms with E-state index in [1.54, 1.807) is 13.8 Å². The Morgan fingerprint density at radius 1 is 1.77 bits per heavy atom. The van der Waals surface area contributed by atoms with E-state index in [-0.39, 0.29) is 18.6 Å². The van der Waals surface area contributed by atoms with Crippen LogP contribution in [0, 0.1) is 6.92 Å². The molecule has 1 aromatic rings. The van der Waals surface area contributed by atoms with Gasteiger partial charge < -0.3 is 10.4 Å². The monoisotopic (exact) mass is 201 g/mol. The second-order valence-electron chi connectivity index (χ2n) is 2.74. The summed E-state index contributed by atoms with van der Waals surface area (Å²) in [5.74, 6) is -0.228. The fourth-order valence-electron chi connectivity index (χ4n) is 0.775. The van der Waals surface area contributed by atoms with Crippen molar-refractivity contribution in [2.45, 2.75) is 19.9 Å². The van der Waals surface area contributed by atoms with Gasteiger partial charge in [-0.25, -0.2) is 0 Å². The first-order valence-corrected chi connectivity index (χ1v) is 4.63. The van der Waals surface area contributed by atoms with Crippen LogP contribution < -0.4 is 5.32 Å². The van der Waals surface area contributed by atoms with Gasteiger partial charge in [-0.1, -0.05) is 4.49 Å². The fraction of sp³-hybridized carbons (Fsp3) is 0.571. The number of amides is 1. The normalized spacial score (nSPS) is 12.5. The van der Waals surface area contributed by atoms with Crippen LogP contribution in [0.25, 0.3) is 0 Å². The summed E-state index contributed by atoms with van der Waals surface area (Å²) >= 11 is 1.06. The molecule has 5 nitrogen and oxygen atoms in total. The van der Waals surface area contributed by atoms with Gasteiger partial charge in [-0.3, -0.25) is 4.79 Å². The van der Waals surface area contributed by atoms with E-state index >= 15 is 0 Å². The maximum atomic E-state index is 11.4. The summed E-state index contributed by atoms with van der Waals surface area (Å²) in [5.41, 5.74) is 0.618. The van der Waals surface area contributed by atoms with Crippen molar-refractivity contribution in [2.24, 2.45) is 0 Å². The Bertz CT molecular complexity index is 300. The van der Waals surface area contributed by atoms with E-state index in [2.05, 4.69) is 14.9 Å². The molecule has 1 aromatic heterocycles. The Morgan fingerprint density at radius 3 is 2.92 bits per heavy atom. The predicted molar refractivity (Wildman–Crippen MR) is 48.7 cm³/mol. The van der Waals surface area contributed by atoms with Crippen molar-refractivity contribution in [1.29, 1.82) is 0 Å². The fourth-order valence-corrected chi connectivity index (χ4v) is 1.33. The summed E-state index contributed by atoms with van der Waals surface area (Å²) < 4.78 is 3.64. The first-order chi connectivity index (χ1) is 6.15. The van der Waals surface area contributed by atoms with Crippen LogP contribution >= 0.6 is 11.5 Å². The number of hydrogen-bond acceptors (Lipinski definition) is 5. The summed E-state index contributed by atoms with van der Waals surface area (Å²) in [4.78, 5) is 11.9. The van der Waals surface area contributed by atoms with Gasteiger partial charge in [-0.2, -0.15) is 0 Å². The van der Waals surface area contributed by atoms with Crippen LogP contribution in [0.2, 0.25) is 0 Å². The molecule has 0 aromatic carbocycles. The molecule has 1 amide bonds. The van der Waals surface area contributed by atoms with Gasteiger partial charge in [0.15, 0.2) is 0 Å². The van der Waals surface area contributed by atoms with Crippen molar-refractivity contribution < 1.29 is 9.90 Å². The Labute approximate surface area is 80.0 Å². The maximum Gasteiger partial charge on any atom is 0.265 e. The molecule has 0 saturated heterocycles. The zero-order valence-corrected chi connectivity index (χ0v) is 8.26. The van der Waals surface area contributed by atoms with Crippen LogP contribution in [0.4, 0.5) is 0 Å². The molecule has 0 aliphatic heterocycles. The first kappa shape index (κ1) is 10.1. The van der Waals surface area contributed by atoms with Gasteiger partial charge in [0.1, 0.15) is 4.88 Å². The molecule has 0 aliphatic rings. The molecule has 1 heterocycles. The quantitative estimate of drug-likeness (QED) is 0.719. The predicted octanol–water partition coefficient (Wildman–Crippen LogP) is -0.0429. The van der Waals surface area contributed by atoms with Gasteiger partial charge in [0.2, 0.25) is 0 Å². The average molecular weight is 201 g/mol. The summed E-state index contributed by atoms with van der Waals surface area (Å²) in [7, 11) is 0. The van der Waals surface area contributed by atoms with Gasteiger partial charge in [0.05, 0.1) is 12.3 Å². The van der Waals surface area contributed by atoms with Crippen LogP contribution in [-0.2, 0) is 0 Å². The maximum absolute atomic E-state index is 11.4. The lowest BCUT2D eigenvalue weighted by Crippen LogP contribution is -2.34. The van der Waals surface area contributed by atoms with Crippen LogP contribution in [0.3, 0.4) is 0 Å². The minimum absolute atomic E-state index is 0.0724. The molecule has 0 radical (unpaired) electrons. The van der Waals surface area contributed by atoms with E-state index in [0.717, 1.165) is 11.5 Å². The van der Waals surface area contributed by atoms with Crippen LogP contribution in [0.5, 0.6) is 0 Å². The van der Waals surface area contributed by atoms with Crippen LogP contribution in [0.1, 0.15) is 22.3 Å². The highest BCUT2D eigenvalue weighted by Gasteiger charge is 2.14. The third kappa shape index (κ3) is 2.46. The highest BCUT2D eigenvalue weighted by molar-refractivity contribution is 7.07. The topological polar surface area (TPSA) is 75.1 Å². The van der Waals surface area contributed by atoms with Gasteiger partial charge in [0, 0.05) is 6.04 Å². The summed E-state index contributed by atoms with van der Waals surface area (Å²) in [6, 6.07) is -0.242. The highest BCUT2D eigenvalue weighted by Crippen LogP contribution is 2.08. The number of nitrogens with zero attached hydrogens (tertiary/aromatic N) is 2. The zero-order chi connectivity index (χ0) is 9.84. The van der Waals surface area contributed by atoms with Gasteiger partial charge >= 0.3 is 0 Å². The minimum Gasteiger partial charge on any atom is -0.394 e. The number of hydrogen-bond donors (Lipinski definition) is 2. The lowest BCUT2D eigenvalue weighted by molar-refractivity contribution is 0.0925. The molecule has 0 unspecified atom stereocenters. The van der Waals surface area contributed by atoms with Crippen molar-refractivity contribution in [3.8, 4) is 0 Å². The molecule has 0 spiro atoms. The van der Waals surface area contributed by atoms with Gasteiger partial charge in [-0.15, -0.1) is 5.10 Å².